The minimum absolute atomic E-state index is 0.0577. The number of aryl methyl sites for hydroxylation is 1. The molecule has 0 aromatic carbocycles. The first kappa shape index (κ1) is 20.4. The van der Waals surface area contributed by atoms with Gasteiger partial charge in [0.2, 0.25) is 0 Å². The van der Waals surface area contributed by atoms with Crippen molar-refractivity contribution in [2.24, 2.45) is 0 Å². The Morgan fingerprint density at radius 1 is 1.16 bits per heavy atom. The largest absolute Gasteiger partial charge is 0.434 e. The first-order valence-corrected chi connectivity index (χ1v) is 9.94. The summed E-state index contributed by atoms with van der Waals surface area (Å²) >= 11 is 0. The summed E-state index contributed by atoms with van der Waals surface area (Å²) in [4.78, 5) is 18.6. The van der Waals surface area contributed by atoms with Crippen LogP contribution in [0.1, 0.15) is 30.0 Å². The molecule has 1 aliphatic rings. The topological polar surface area (TPSA) is 97.1 Å². The summed E-state index contributed by atoms with van der Waals surface area (Å²) in [6, 6.07) is 1.77. The van der Waals surface area contributed by atoms with Crippen LogP contribution >= 0.6 is 0 Å². The molecule has 12 heteroatoms. The van der Waals surface area contributed by atoms with Gasteiger partial charge in [0, 0.05) is 30.7 Å². The molecule has 0 bridgehead atoms. The molecule has 0 unspecified atom stereocenters. The normalized spacial score (nSPS) is 19.6. The summed E-state index contributed by atoms with van der Waals surface area (Å²) in [5.41, 5.74) is 1.45. The molecule has 2 atom stereocenters. The van der Waals surface area contributed by atoms with Gasteiger partial charge in [0.15, 0.2) is 17.2 Å². The second kappa shape index (κ2) is 7.55. The predicted molar refractivity (Wildman–Crippen MR) is 108 cm³/mol. The van der Waals surface area contributed by atoms with Crippen LogP contribution in [0.2, 0.25) is 0 Å². The minimum Gasteiger partial charge on any atom is -0.367 e. The lowest BCUT2D eigenvalue weighted by Crippen LogP contribution is -2.43. The van der Waals surface area contributed by atoms with Gasteiger partial charge in [-0.1, -0.05) is 0 Å². The lowest BCUT2D eigenvalue weighted by Gasteiger charge is -2.37. The fourth-order valence-electron chi connectivity index (χ4n) is 3.85. The molecule has 4 aromatic heterocycles. The first-order valence-electron chi connectivity index (χ1n) is 9.94. The van der Waals surface area contributed by atoms with E-state index >= 15 is 0 Å². The van der Waals surface area contributed by atoms with Gasteiger partial charge in [-0.05, 0) is 19.9 Å². The SMILES string of the molecule is Cc1n[nH]cc1[C@H]1CN(c2ccnc(-c3cnc4cnc(C(F)(F)F)cn34)n2)C[C@@H](C)O1. The fourth-order valence-corrected chi connectivity index (χ4v) is 3.85. The van der Waals surface area contributed by atoms with E-state index in [9.17, 15) is 13.2 Å². The van der Waals surface area contributed by atoms with Crippen LogP contribution in [0.4, 0.5) is 19.0 Å². The number of nitrogens with one attached hydrogen (secondary N) is 1. The summed E-state index contributed by atoms with van der Waals surface area (Å²) < 4.78 is 46.8. The number of hydrogen-bond acceptors (Lipinski definition) is 7. The molecule has 0 spiro atoms. The van der Waals surface area contributed by atoms with Crippen molar-refractivity contribution in [2.45, 2.75) is 32.2 Å². The second-order valence-corrected chi connectivity index (χ2v) is 7.65. The van der Waals surface area contributed by atoms with Gasteiger partial charge in [-0.2, -0.15) is 18.3 Å². The third-order valence-electron chi connectivity index (χ3n) is 5.36. The lowest BCUT2D eigenvalue weighted by molar-refractivity contribution is -0.141. The van der Waals surface area contributed by atoms with E-state index in [1.807, 2.05) is 20.0 Å². The Kier molecular flexibility index (Phi) is 4.81. The van der Waals surface area contributed by atoms with Crippen molar-refractivity contribution in [1.29, 1.82) is 0 Å². The van der Waals surface area contributed by atoms with Crippen molar-refractivity contribution in [2.75, 3.05) is 18.0 Å². The summed E-state index contributed by atoms with van der Waals surface area (Å²) in [6.07, 6.45) is 2.02. The van der Waals surface area contributed by atoms with Crippen LogP contribution in [0.25, 0.3) is 17.2 Å². The summed E-state index contributed by atoms with van der Waals surface area (Å²) in [5, 5.41) is 7.03. The zero-order valence-corrected chi connectivity index (χ0v) is 17.2. The highest BCUT2D eigenvalue weighted by atomic mass is 19.4. The quantitative estimate of drug-likeness (QED) is 0.518. The molecule has 0 amide bonds. The number of fused-ring (bicyclic) bond motifs is 1. The summed E-state index contributed by atoms with van der Waals surface area (Å²) in [7, 11) is 0. The number of aromatic amines is 1. The number of morpholine rings is 1. The standard InChI is InChI=1S/C20H19F3N8O/c1-11-8-30(9-15(32-11)13-5-27-29-12(13)2)17-3-4-24-19(28-17)14-6-26-18-7-25-16(10-31(14)18)20(21,22)23/h3-7,10-11,15H,8-9H2,1-2H3,(H,27,29)/t11-,15-/m1/s1. The van der Waals surface area contributed by atoms with Gasteiger partial charge < -0.3 is 9.64 Å². The molecule has 0 radical (unpaired) electrons. The number of ether oxygens (including phenoxy) is 1. The monoisotopic (exact) mass is 444 g/mol. The van der Waals surface area contributed by atoms with Crippen LogP contribution in [0, 0.1) is 6.92 Å². The van der Waals surface area contributed by atoms with E-state index in [1.165, 1.54) is 10.6 Å². The fraction of sp³-hybridized carbons (Fsp3) is 0.350. The Balaban J connectivity index is 1.49. The molecular formula is C20H19F3N8O. The maximum atomic E-state index is 13.1. The van der Waals surface area contributed by atoms with E-state index in [-0.39, 0.29) is 23.7 Å². The summed E-state index contributed by atoms with van der Waals surface area (Å²) in [5.74, 6) is 0.917. The molecule has 1 saturated heterocycles. The van der Waals surface area contributed by atoms with Crippen LogP contribution in [0.3, 0.4) is 0 Å². The Hall–Kier alpha value is -3.54. The summed E-state index contributed by atoms with van der Waals surface area (Å²) in [6.45, 7) is 5.05. The Morgan fingerprint density at radius 2 is 2.00 bits per heavy atom. The molecule has 4 aromatic rings. The zero-order chi connectivity index (χ0) is 22.5. The third kappa shape index (κ3) is 3.66. The molecule has 0 saturated carbocycles. The average Bonchev–Trinajstić information content (AvgIpc) is 3.38. The van der Waals surface area contributed by atoms with Crippen molar-refractivity contribution < 1.29 is 17.9 Å². The maximum absolute atomic E-state index is 13.1. The highest BCUT2D eigenvalue weighted by molar-refractivity contribution is 5.58. The van der Waals surface area contributed by atoms with E-state index in [0.717, 1.165) is 23.7 Å². The van der Waals surface area contributed by atoms with E-state index in [4.69, 9.17) is 4.74 Å². The van der Waals surface area contributed by atoms with Crippen molar-refractivity contribution in [1.82, 2.24) is 34.5 Å². The highest BCUT2D eigenvalue weighted by Gasteiger charge is 2.33. The number of halogens is 3. The molecule has 5 heterocycles. The minimum atomic E-state index is -4.57. The predicted octanol–water partition coefficient (Wildman–Crippen LogP) is 3.20. The van der Waals surface area contributed by atoms with E-state index in [0.29, 0.717) is 24.6 Å². The Bertz CT molecular complexity index is 1270. The van der Waals surface area contributed by atoms with Crippen LogP contribution in [-0.2, 0) is 10.9 Å². The van der Waals surface area contributed by atoms with Gasteiger partial charge in [-0.3, -0.25) is 9.50 Å². The number of alkyl halides is 3. The number of hydrogen-bond donors (Lipinski definition) is 1. The van der Waals surface area contributed by atoms with Crippen molar-refractivity contribution in [3.8, 4) is 11.5 Å². The van der Waals surface area contributed by atoms with Gasteiger partial charge in [0.1, 0.15) is 17.6 Å². The van der Waals surface area contributed by atoms with Crippen molar-refractivity contribution in [3.63, 3.8) is 0 Å². The number of imidazole rings is 1. The van der Waals surface area contributed by atoms with Crippen LogP contribution in [-0.4, -0.2) is 53.7 Å². The van der Waals surface area contributed by atoms with E-state index in [2.05, 4.69) is 35.0 Å². The molecule has 1 fully saturated rings. The molecule has 5 rings (SSSR count). The number of H-pyrrole nitrogens is 1. The van der Waals surface area contributed by atoms with E-state index < -0.39 is 11.9 Å². The zero-order valence-electron chi connectivity index (χ0n) is 17.2. The van der Waals surface area contributed by atoms with Gasteiger partial charge in [-0.25, -0.2) is 19.9 Å². The lowest BCUT2D eigenvalue weighted by atomic mass is 10.1. The number of rotatable bonds is 3. The van der Waals surface area contributed by atoms with Gasteiger partial charge in [0.25, 0.3) is 0 Å². The van der Waals surface area contributed by atoms with Gasteiger partial charge in [0.05, 0.1) is 30.7 Å². The molecule has 32 heavy (non-hydrogen) atoms. The van der Waals surface area contributed by atoms with Crippen LogP contribution < -0.4 is 4.90 Å². The van der Waals surface area contributed by atoms with E-state index in [1.54, 1.807) is 12.3 Å². The average molecular weight is 444 g/mol. The van der Waals surface area contributed by atoms with Crippen LogP contribution in [0.5, 0.6) is 0 Å². The second-order valence-electron chi connectivity index (χ2n) is 7.65. The molecule has 0 aliphatic carbocycles. The molecule has 166 valence electrons. The maximum Gasteiger partial charge on any atom is 0.434 e. The highest BCUT2D eigenvalue weighted by Crippen LogP contribution is 2.31. The Morgan fingerprint density at radius 3 is 2.75 bits per heavy atom. The molecule has 9 nitrogen and oxygen atoms in total. The van der Waals surface area contributed by atoms with Gasteiger partial charge in [-0.15, -0.1) is 0 Å². The number of anilines is 1. The third-order valence-corrected chi connectivity index (χ3v) is 5.36. The van der Waals surface area contributed by atoms with Crippen molar-refractivity contribution >= 4 is 11.5 Å². The number of aromatic nitrogens is 7. The molecule has 1 N–H and O–H groups in total. The first-order chi connectivity index (χ1) is 15.3. The molecular weight excluding hydrogens is 425 g/mol. The molecule has 1 aliphatic heterocycles. The van der Waals surface area contributed by atoms with Crippen molar-refractivity contribution in [3.05, 3.63) is 54.0 Å². The smallest absolute Gasteiger partial charge is 0.367 e. The van der Waals surface area contributed by atoms with Gasteiger partial charge >= 0.3 is 6.18 Å². The van der Waals surface area contributed by atoms with Crippen LogP contribution in [0.15, 0.2) is 37.1 Å². The Labute approximate surface area is 180 Å². The number of nitrogens with zero attached hydrogens (tertiary/aromatic N) is 7.